The summed E-state index contributed by atoms with van der Waals surface area (Å²) >= 11 is 0. The van der Waals surface area contributed by atoms with Gasteiger partial charge in [-0.15, -0.1) is 0 Å². The van der Waals surface area contributed by atoms with Crippen LogP contribution in [0.15, 0.2) is 16.5 Å². The van der Waals surface area contributed by atoms with Gasteiger partial charge in [-0.3, -0.25) is 19.9 Å². The van der Waals surface area contributed by atoms with Crippen LogP contribution in [0.5, 0.6) is 0 Å². The van der Waals surface area contributed by atoms with E-state index in [0.717, 1.165) is 39.3 Å². The Morgan fingerprint density at radius 2 is 2.05 bits per heavy atom. The number of hydrogen-bond donors (Lipinski definition) is 1. The second kappa shape index (κ2) is 5.28. The van der Waals surface area contributed by atoms with Gasteiger partial charge in [0.2, 0.25) is 0 Å². The van der Waals surface area contributed by atoms with Crippen molar-refractivity contribution >= 4 is 5.88 Å². The quantitative estimate of drug-likeness (QED) is 0.623. The van der Waals surface area contributed by atoms with Gasteiger partial charge < -0.3 is 9.73 Å². The molecule has 2 aliphatic rings. The molecule has 1 aromatic heterocycles. The van der Waals surface area contributed by atoms with Crippen LogP contribution in [0, 0.1) is 10.1 Å². The number of nitrogens with zero attached hydrogens (tertiary/aromatic N) is 3. The highest BCUT2D eigenvalue weighted by Gasteiger charge is 2.28. The van der Waals surface area contributed by atoms with Gasteiger partial charge in [0.05, 0.1) is 12.6 Å². The minimum absolute atomic E-state index is 0.172. The van der Waals surface area contributed by atoms with Crippen LogP contribution in [0.25, 0.3) is 0 Å². The third-order valence-corrected chi connectivity index (χ3v) is 3.89. The molecule has 19 heavy (non-hydrogen) atoms. The summed E-state index contributed by atoms with van der Waals surface area (Å²) in [6.45, 7) is 6.97. The first kappa shape index (κ1) is 12.6. The van der Waals surface area contributed by atoms with E-state index >= 15 is 0 Å². The predicted octanol–water partition coefficient (Wildman–Crippen LogP) is 0.277. The second-order valence-electron chi connectivity index (χ2n) is 5.12. The van der Waals surface area contributed by atoms with Gasteiger partial charge in [0.25, 0.3) is 0 Å². The van der Waals surface area contributed by atoms with Crippen molar-refractivity contribution < 1.29 is 9.34 Å². The third kappa shape index (κ3) is 2.78. The van der Waals surface area contributed by atoms with Gasteiger partial charge in [-0.1, -0.05) is 0 Å². The van der Waals surface area contributed by atoms with Gasteiger partial charge in [-0.2, -0.15) is 0 Å². The molecule has 1 N–H and O–H groups in total. The number of hydrogen-bond acceptors (Lipinski definition) is 6. The van der Waals surface area contributed by atoms with Gasteiger partial charge >= 0.3 is 5.88 Å². The Balaban J connectivity index is 1.49. The Kier molecular flexibility index (Phi) is 3.50. The highest BCUT2D eigenvalue weighted by molar-refractivity contribution is 5.17. The molecule has 0 amide bonds. The van der Waals surface area contributed by atoms with Crippen LogP contribution in [0.4, 0.5) is 5.88 Å². The van der Waals surface area contributed by atoms with E-state index in [1.54, 1.807) is 6.07 Å². The summed E-state index contributed by atoms with van der Waals surface area (Å²) in [7, 11) is 0. The first-order chi connectivity index (χ1) is 9.22. The van der Waals surface area contributed by atoms with E-state index in [4.69, 9.17) is 4.42 Å². The Bertz CT molecular complexity index is 450. The van der Waals surface area contributed by atoms with Crippen LogP contribution in [0.2, 0.25) is 0 Å². The molecule has 7 heteroatoms. The van der Waals surface area contributed by atoms with Crippen molar-refractivity contribution in [1.29, 1.82) is 0 Å². The van der Waals surface area contributed by atoms with Crippen molar-refractivity contribution in [2.45, 2.75) is 12.6 Å². The van der Waals surface area contributed by atoms with Gasteiger partial charge in [-0.05, 0) is 6.07 Å². The van der Waals surface area contributed by atoms with Crippen molar-refractivity contribution in [3.63, 3.8) is 0 Å². The summed E-state index contributed by atoms with van der Waals surface area (Å²) in [5.74, 6) is 0.500. The SMILES string of the molecule is O=[N+]([O-])c1ccc(CN2CCN(C3CNC3)CC2)o1. The Labute approximate surface area is 111 Å². The van der Waals surface area contributed by atoms with Gasteiger partial charge in [0.15, 0.2) is 0 Å². The van der Waals surface area contributed by atoms with Gasteiger partial charge in [0, 0.05) is 45.3 Å². The zero-order valence-electron chi connectivity index (χ0n) is 10.7. The highest BCUT2D eigenvalue weighted by Crippen LogP contribution is 2.18. The van der Waals surface area contributed by atoms with Crippen molar-refractivity contribution in [1.82, 2.24) is 15.1 Å². The fourth-order valence-electron chi connectivity index (χ4n) is 2.59. The van der Waals surface area contributed by atoms with Crippen LogP contribution in [0.3, 0.4) is 0 Å². The lowest BCUT2D eigenvalue weighted by molar-refractivity contribution is -0.402. The maximum Gasteiger partial charge on any atom is 0.433 e. The Hall–Kier alpha value is -1.44. The third-order valence-electron chi connectivity index (χ3n) is 3.89. The number of piperazine rings is 1. The van der Waals surface area contributed by atoms with Crippen molar-refractivity contribution in [2.24, 2.45) is 0 Å². The minimum Gasteiger partial charge on any atom is -0.404 e. The van der Waals surface area contributed by atoms with E-state index in [9.17, 15) is 10.1 Å². The molecule has 0 saturated carbocycles. The normalized spacial score (nSPS) is 22.3. The van der Waals surface area contributed by atoms with Crippen LogP contribution >= 0.6 is 0 Å². The molecule has 7 nitrogen and oxygen atoms in total. The second-order valence-corrected chi connectivity index (χ2v) is 5.12. The van der Waals surface area contributed by atoms with Crippen LogP contribution in [-0.2, 0) is 6.54 Å². The molecular formula is C12H18N4O3. The largest absolute Gasteiger partial charge is 0.433 e. The molecule has 0 aromatic carbocycles. The summed E-state index contributed by atoms with van der Waals surface area (Å²) in [4.78, 5) is 14.8. The summed E-state index contributed by atoms with van der Waals surface area (Å²) in [6, 6.07) is 3.82. The van der Waals surface area contributed by atoms with Crippen LogP contribution in [0.1, 0.15) is 5.76 Å². The van der Waals surface area contributed by atoms with E-state index < -0.39 is 4.92 Å². The number of furan rings is 1. The average Bonchev–Trinajstić information content (AvgIpc) is 2.78. The maximum atomic E-state index is 10.5. The first-order valence-electron chi connectivity index (χ1n) is 6.62. The summed E-state index contributed by atoms with van der Waals surface area (Å²) in [5, 5.41) is 13.8. The van der Waals surface area contributed by atoms with Crippen molar-refractivity contribution in [3.8, 4) is 0 Å². The average molecular weight is 266 g/mol. The maximum absolute atomic E-state index is 10.5. The first-order valence-corrected chi connectivity index (χ1v) is 6.62. The van der Waals surface area contributed by atoms with E-state index in [2.05, 4.69) is 15.1 Å². The van der Waals surface area contributed by atoms with E-state index in [1.165, 1.54) is 6.07 Å². The van der Waals surface area contributed by atoms with Crippen LogP contribution < -0.4 is 5.32 Å². The predicted molar refractivity (Wildman–Crippen MR) is 68.9 cm³/mol. The molecule has 0 radical (unpaired) electrons. The smallest absolute Gasteiger partial charge is 0.404 e. The van der Waals surface area contributed by atoms with Gasteiger partial charge in [0.1, 0.15) is 10.7 Å². The fourth-order valence-corrected chi connectivity index (χ4v) is 2.59. The fraction of sp³-hybridized carbons (Fsp3) is 0.667. The molecule has 0 unspecified atom stereocenters. The molecule has 2 saturated heterocycles. The van der Waals surface area contributed by atoms with E-state index in [1.807, 2.05) is 0 Å². The Morgan fingerprint density at radius 3 is 2.58 bits per heavy atom. The van der Waals surface area contributed by atoms with E-state index in [-0.39, 0.29) is 5.88 Å². The molecule has 2 aliphatic heterocycles. The lowest BCUT2D eigenvalue weighted by atomic mass is 10.1. The van der Waals surface area contributed by atoms with Crippen molar-refractivity contribution in [3.05, 3.63) is 28.0 Å². The molecule has 0 atom stereocenters. The highest BCUT2D eigenvalue weighted by atomic mass is 16.6. The molecule has 2 fully saturated rings. The monoisotopic (exact) mass is 266 g/mol. The molecular weight excluding hydrogens is 248 g/mol. The molecule has 0 bridgehead atoms. The lowest BCUT2D eigenvalue weighted by Crippen LogP contribution is -2.61. The standard InChI is InChI=1S/C12H18N4O3/c17-16(18)12-2-1-11(19-12)9-14-3-5-15(6-4-14)10-7-13-8-10/h1-2,10,13H,3-9H2. The molecule has 0 aliphatic carbocycles. The summed E-state index contributed by atoms with van der Waals surface area (Å²) in [5.41, 5.74) is 0. The zero-order chi connectivity index (χ0) is 13.2. The van der Waals surface area contributed by atoms with Crippen molar-refractivity contribution in [2.75, 3.05) is 39.3 Å². The molecule has 3 rings (SSSR count). The number of rotatable bonds is 4. The number of nitro groups is 1. The molecule has 3 heterocycles. The Morgan fingerprint density at radius 1 is 1.32 bits per heavy atom. The van der Waals surface area contributed by atoms with Gasteiger partial charge in [-0.25, -0.2) is 0 Å². The lowest BCUT2D eigenvalue weighted by Gasteiger charge is -2.43. The molecule has 1 aromatic rings. The summed E-state index contributed by atoms with van der Waals surface area (Å²) < 4.78 is 5.19. The molecule has 0 spiro atoms. The van der Waals surface area contributed by atoms with E-state index in [0.29, 0.717) is 18.3 Å². The minimum atomic E-state index is -0.495. The number of nitrogens with one attached hydrogen (secondary N) is 1. The summed E-state index contributed by atoms with van der Waals surface area (Å²) in [6.07, 6.45) is 0. The van der Waals surface area contributed by atoms with Crippen LogP contribution in [-0.4, -0.2) is 60.0 Å². The topological polar surface area (TPSA) is 74.8 Å². The zero-order valence-corrected chi connectivity index (χ0v) is 10.7. The molecule has 104 valence electrons.